The zero-order valence-corrected chi connectivity index (χ0v) is 21.5. The van der Waals surface area contributed by atoms with Crippen molar-refractivity contribution in [1.29, 1.82) is 0 Å². The molecule has 1 heterocycles. The van der Waals surface area contributed by atoms with Crippen LogP contribution in [0.3, 0.4) is 0 Å². The molecule has 186 valence electrons. The number of carboxylic acids is 1. The number of rotatable bonds is 13. The molecule has 9 heteroatoms. The number of piperidine rings is 1. The zero-order valence-electron chi connectivity index (χ0n) is 20.4. The molecule has 0 bridgehead atoms. The molecule has 1 aromatic carbocycles. The summed E-state index contributed by atoms with van der Waals surface area (Å²) in [5, 5.41) is 24.7. The van der Waals surface area contributed by atoms with Crippen LogP contribution in [0.1, 0.15) is 64.5 Å². The summed E-state index contributed by atoms with van der Waals surface area (Å²) in [6, 6.07) is 6.33. The van der Waals surface area contributed by atoms with E-state index in [1.165, 1.54) is 4.90 Å². The first-order valence-electron chi connectivity index (χ1n) is 11.8. The van der Waals surface area contributed by atoms with Gasteiger partial charge in [-0.1, -0.05) is 0 Å². The molecule has 0 aliphatic carbocycles. The first-order chi connectivity index (χ1) is 16.1. The quantitative estimate of drug-likeness (QED) is 0.249. The molecule has 1 aliphatic heterocycles. The van der Waals surface area contributed by atoms with E-state index in [4.69, 9.17) is 14.6 Å². The number of ether oxygens (including phenoxy) is 2. The number of carboxylic acid groups (broad SMARTS) is 1. The molecular formula is C25H36AlNO7. The summed E-state index contributed by atoms with van der Waals surface area (Å²) in [7, 11) is 0. The van der Waals surface area contributed by atoms with Crippen molar-refractivity contribution in [1.82, 2.24) is 4.90 Å². The average Bonchev–Trinajstić information content (AvgIpc) is 2.84. The third kappa shape index (κ3) is 7.74. The zero-order chi connectivity index (χ0) is 25.3. The van der Waals surface area contributed by atoms with Crippen molar-refractivity contribution in [2.75, 3.05) is 13.2 Å². The van der Waals surface area contributed by atoms with E-state index in [2.05, 4.69) is 5.39 Å². The van der Waals surface area contributed by atoms with Crippen molar-refractivity contribution >= 4 is 37.8 Å². The molecule has 8 nitrogen and oxygen atoms in total. The van der Waals surface area contributed by atoms with Gasteiger partial charge < -0.3 is 0 Å². The SMILES string of the molecule is [CH2]=[Al][CH2]C[C@@H](OC(O)[C@@H]1CCCCN1C(=O)C(=O)C(C)(C)CC)c1cccc(OCC(=O)O)c1. The Kier molecular flexibility index (Phi) is 10.9. The van der Waals surface area contributed by atoms with Crippen LogP contribution >= 0.6 is 0 Å². The second-order valence-electron chi connectivity index (χ2n) is 9.26. The van der Waals surface area contributed by atoms with Crippen molar-refractivity contribution < 1.29 is 34.1 Å². The number of Topliss-reactive ketones (excluding diaryl/α,β-unsaturated/α-hetero) is 1. The number of hydrogen-bond donors (Lipinski definition) is 2. The van der Waals surface area contributed by atoms with Crippen LogP contribution in [0, 0.1) is 5.41 Å². The Morgan fingerprint density at radius 3 is 2.68 bits per heavy atom. The molecule has 0 spiro atoms. The Balaban J connectivity index is 2.21. The van der Waals surface area contributed by atoms with Gasteiger partial charge in [0.1, 0.15) is 0 Å². The van der Waals surface area contributed by atoms with Crippen molar-refractivity contribution in [3.63, 3.8) is 0 Å². The molecule has 2 rings (SSSR count). The maximum absolute atomic E-state index is 13.1. The number of hydrogen-bond acceptors (Lipinski definition) is 6. The van der Waals surface area contributed by atoms with E-state index >= 15 is 0 Å². The van der Waals surface area contributed by atoms with Gasteiger partial charge in [-0.05, 0) is 0 Å². The number of aliphatic carboxylic acids is 1. The molecule has 2 N–H and O–H groups in total. The Bertz CT molecular complexity index is 873. The second kappa shape index (κ2) is 13.2. The molecule has 1 fully saturated rings. The van der Waals surface area contributed by atoms with Crippen molar-refractivity contribution in [2.24, 2.45) is 5.41 Å². The van der Waals surface area contributed by atoms with Crippen LogP contribution in [0.2, 0.25) is 5.28 Å². The van der Waals surface area contributed by atoms with E-state index in [9.17, 15) is 19.5 Å². The van der Waals surface area contributed by atoms with Crippen molar-refractivity contribution in [3.8, 4) is 5.75 Å². The Hall–Kier alpha value is -2.05. The second-order valence-corrected chi connectivity index (χ2v) is 10.4. The van der Waals surface area contributed by atoms with Gasteiger partial charge in [0.15, 0.2) is 0 Å². The molecule has 0 aromatic heterocycles. The van der Waals surface area contributed by atoms with Gasteiger partial charge in [0.05, 0.1) is 0 Å². The normalized spacial score (nSPS) is 18.0. The fraction of sp³-hybridized carbons (Fsp3) is 0.600. The van der Waals surface area contributed by atoms with Crippen LogP contribution in [-0.4, -0.2) is 78.4 Å². The summed E-state index contributed by atoms with van der Waals surface area (Å²) in [5.74, 6) is -1.69. The van der Waals surface area contributed by atoms with Gasteiger partial charge in [0.25, 0.3) is 0 Å². The molecular weight excluding hydrogens is 453 g/mol. The van der Waals surface area contributed by atoms with Gasteiger partial charge in [-0.25, -0.2) is 0 Å². The van der Waals surface area contributed by atoms with Gasteiger partial charge in [0.2, 0.25) is 0 Å². The Labute approximate surface area is 207 Å². The number of benzene rings is 1. The third-order valence-corrected chi connectivity index (χ3v) is 7.10. The van der Waals surface area contributed by atoms with Gasteiger partial charge in [0, 0.05) is 0 Å². The van der Waals surface area contributed by atoms with E-state index in [1.807, 2.05) is 13.0 Å². The standard InChI is InChI=1S/C24H34NO7.CH2.Al/c1-5-19(16-10-9-11-17(14-16)31-15-20(26)27)32-23(30)18-12-7-8-13-25(18)22(29)21(28)24(3,4)6-2;;/h9-11,14,18-19,23,30H,1,5-8,12-13,15H2,2-4H3,(H,26,27);1H2;/t18-,19+,23?;;/m0../s1. The van der Waals surface area contributed by atoms with Crippen LogP contribution in [0.5, 0.6) is 5.75 Å². The van der Waals surface area contributed by atoms with Crippen molar-refractivity contribution in [3.05, 3.63) is 29.8 Å². The van der Waals surface area contributed by atoms with E-state index in [0.29, 0.717) is 31.6 Å². The van der Waals surface area contributed by atoms with Gasteiger partial charge in [-0.2, -0.15) is 0 Å². The number of nitrogens with zero attached hydrogens (tertiary/aromatic N) is 1. The number of aliphatic hydroxyl groups excluding tert-OH is 1. The number of ketones is 1. The fourth-order valence-corrected chi connectivity index (χ4v) is 4.42. The summed E-state index contributed by atoms with van der Waals surface area (Å²) in [4.78, 5) is 38.2. The number of aliphatic hydroxyl groups is 1. The third-order valence-electron chi connectivity index (χ3n) is 6.36. The monoisotopic (exact) mass is 489 g/mol. The molecule has 34 heavy (non-hydrogen) atoms. The van der Waals surface area contributed by atoms with Gasteiger partial charge >= 0.3 is 208 Å². The van der Waals surface area contributed by atoms with Crippen LogP contribution in [0.15, 0.2) is 24.3 Å². The molecule has 0 radical (unpaired) electrons. The molecule has 1 unspecified atom stereocenters. The summed E-state index contributed by atoms with van der Waals surface area (Å²) in [6.45, 7) is 5.34. The fourth-order valence-electron chi connectivity index (χ4n) is 3.88. The molecule has 1 aliphatic rings. The molecule has 1 saturated heterocycles. The molecule has 3 atom stereocenters. The van der Waals surface area contributed by atoms with Gasteiger partial charge in [-0.3, -0.25) is 0 Å². The minimum atomic E-state index is -1.27. The van der Waals surface area contributed by atoms with Crippen LogP contribution in [0.25, 0.3) is 0 Å². The average molecular weight is 490 g/mol. The summed E-state index contributed by atoms with van der Waals surface area (Å²) in [6.07, 6.45) is 1.54. The number of carbonyl (C=O) groups excluding carboxylic acids is 2. The predicted octanol–water partition coefficient (Wildman–Crippen LogP) is 2.86. The van der Waals surface area contributed by atoms with Crippen LogP contribution in [-0.2, 0) is 19.1 Å². The van der Waals surface area contributed by atoms with Crippen LogP contribution in [0.4, 0.5) is 0 Å². The number of likely N-dealkylation sites (tertiary alicyclic amines) is 1. The van der Waals surface area contributed by atoms with Crippen LogP contribution < -0.4 is 4.74 Å². The number of carbonyl (C=O) groups is 3. The predicted molar refractivity (Wildman–Crippen MR) is 130 cm³/mol. The summed E-state index contributed by atoms with van der Waals surface area (Å²) in [5.41, 5.74) is -0.0209. The first kappa shape index (κ1) is 28.2. The first-order valence-corrected chi connectivity index (χ1v) is 13.5. The Morgan fingerprint density at radius 1 is 1.29 bits per heavy atom. The number of amides is 1. The Morgan fingerprint density at radius 2 is 2.03 bits per heavy atom. The minimum absolute atomic E-state index is 0.0297. The van der Waals surface area contributed by atoms with E-state index in [-0.39, 0.29) is 14.8 Å². The van der Waals surface area contributed by atoms with E-state index in [1.54, 1.807) is 32.0 Å². The maximum atomic E-state index is 13.1. The molecule has 1 aromatic rings. The molecule has 1 amide bonds. The van der Waals surface area contributed by atoms with E-state index in [0.717, 1.165) is 23.7 Å². The summed E-state index contributed by atoms with van der Waals surface area (Å²) >= 11 is -0.0297. The summed E-state index contributed by atoms with van der Waals surface area (Å²) < 4.78 is 11.4. The van der Waals surface area contributed by atoms with E-state index < -0.39 is 48.1 Å². The molecule has 0 saturated carbocycles. The topological polar surface area (TPSA) is 113 Å². The van der Waals surface area contributed by atoms with Crippen molar-refractivity contribution in [2.45, 2.75) is 76.6 Å². The van der Waals surface area contributed by atoms with Gasteiger partial charge in [-0.15, -0.1) is 0 Å².